The molecular weight excluding hydrogens is 248 g/mol. The van der Waals surface area contributed by atoms with Gasteiger partial charge in [0.1, 0.15) is 11.4 Å². The van der Waals surface area contributed by atoms with Crippen LogP contribution in [0.3, 0.4) is 0 Å². The Morgan fingerprint density at radius 2 is 1.63 bits per heavy atom. The lowest BCUT2D eigenvalue weighted by atomic mass is 9.98. The zero-order chi connectivity index (χ0) is 14.4. The number of rotatable bonds is 2. The van der Waals surface area contributed by atoms with Crippen molar-refractivity contribution in [3.05, 3.63) is 38.1 Å². The summed E-state index contributed by atoms with van der Waals surface area (Å²) in [5.74, 6) is -0.320. The Morgan fingerprint density at radius 3 is 2.16 bits per heavy atom. The highest BCUT2D eigenvalue weighted by Crippen LogP contribution is 2.26. The lowest BCUT2D eigenvalue weighted by molar-refractivity contribution is 0.00717. The molecule has 0 spiro atoms. The van der Waals surface area contributed by atoms with Crippen molar-refractivity contribution in [1.29, 1.82) is 0 Å². The molecule has 0 saturated carbocycles. The first-order valence-corrected chi connectivity index (χ1v) is 5.79. The molecule has 2 rings (SSSR count). The SMILES string of the molecule is COc1ccc(C(=O)OC(C)(C)C)c2c(=O)c(=O)c12. The largest absolute Gasteiger partial charge is 0.496 e. The Kier molecular flexibility index (Phi) is 2.92. The van der Waals surface area contributed by atoms with Crippen molar-refractivity contribution in [2.75, 3.05) is 7.11 Å². The van der Waals surface area contributed by atoms with Crippen LogP contribution in [0.5, 0.6) is 5.75 Å². The third kappa shape index (κ3) is 2.12. The van der Waals surface area contributed by atoms with E-state index in [2.05, 4.69) is 0 Å². The molecule has 19 heavy (non-hydrogen) atoms. The minimum atomic E-state index is -0.672. The Bertz CT molecular complexity index is 727. The van der Waals surface area contributed by atoms with Gasteiger partial charge < -0.3 is 9.47 Å². The summed E-state index contributed by atoms with van der Waals surface area (Å²) >= 11 is 0. The van der Waals surface area contributed by atoms with Gasteiger partial charge in [0.25, 0.3) is 0 Å². The minimum absolute atomic E-state index is 0.0959. The van der Waals surface area contributed by atoms with Crippen molar-refractivity contribution >= 4 is 16.7 Å². The second kappa shape index (κ2) is 4.19. The van der Waals surface area contributed by atoms with Crippen molar-refractivity contribution in [1.82, 2.24) is 0 Å². The first-order valence-electron chi connectivity index (χ1n) is 5.79. The van der Waals surface area contributed by atoms with Crippen molar-refractivity contribution in [3.8, 4) is 5.75 Å². The summed E-state index contributed by atoms with van der Waals surface area (Å²) in [5.41, 5.74) is -1.86. The fourth-order valence-electron chi connectivity index (χ4n) is 1.88. The highest BCUT2D eigenvalue weighted by Gasteiger charge is 2.26. The molecule has 0 radical (unpaired) electrons. The standard InChI is InChI=1S/C14H14O5/c1-14(2,3)19-13(17)7-5-6-8(18-4)10-9(7)11(15)12(10)16/h5-6H,1-4H3. The Balaban J connectivity index is 2.58. The van der Waals surface area contributed by atoms with E-state index < -0.39 is 22.4 Å². The zero-order valence-electron chi connectivity index (χ0n) is 11.2. The average Bonchev–Trinajstić information content (AvgIpc) is 2.33. The van der Waals surface area contributed by atoms with E-state index in [1.807, 2.05) is 0 Å². The van der Waals surface area contributed by atoms with Gasteiger partial charge in [0.15, 0.2) is 0 Å². The number of fused-ring (bicyclic) bond motifs is 1. The van der Waals surface area contributed by atoms with Crippen molar-refractivity contribution < 1.29 is 14.3 Å². The molecule has 0 amide bonds. The summed E-state index contributed by atoms with van der Waals surface area (Å²) in [6, 6.07) is 2.93. The maximum atomic E-state index is 12.0. The van der Waals surface area contributed by atoms with Gasteiger partial charge in [-0.3, -0.25) is 9.59 Å². The molecule has 0 unspecified atom stereocenters. The predicted octanol–water partition coefficient (Wildman–Crippen LogP) is 1.40. The maximum Gasteiger partial charge on any atom is 0.339 e. The first-order chi connectivity index (χ1) is 8.76. The van der Waals surface area contributed by atoms with Crippen LogP contribution < -0.4 is 15.6 Å². The third-order valence-corrected chi connectivity index (χ3v) is 2.67. The smallest absolute Gasteiger partial charge is 0.339 e. The number of hydrogen-bond acceptors (Lipinski definition) is 5. The second-order valence-electron chi connectivity index (χ2n) is 5.23. The third-order valence-electron chi connectivity index (χ3n) is 2.67. The summed E-state index contributed by atoms with van der Waals surface area (Å²) in [6.07, 6.45) is 0. The van der Waals surface area contributed by atoms with Crippen LogP contribution in [-0.2, 0) is 4.74 Å². The quantitative estimate of drug-likeness (QED) is 0.604. The molecule has 0 fully saturated rings. The van der Waals surface area contributed by atoms with E-state index in [1.54, 1.807) is 20.8 Å². The van der Waals surface area contributed by atoms with E-state index in [9.17, 15) is 14.4 Å². The lowest BCUT2D eigenvalue weighted by Crippen LogP contribution is -2.34. The first kappa shape index (κ1) is 13.3. The fourth-order valence-corrected chi connectivity index (χ4v) is 1.88. The van der Waals surface area contributed by atoms with Crippen molar-refractivity contribution in [2.24, 2.45) is 0 Å². The van der Waals surface area contributed by atoms with Crippen LogP contribution >= 0.6 is 0 Å². The molecule has 2 aromatic rings. The average molecular weight is 262 g/mol. The minimum Gasteiger partial charge on any atom is -0.496 e. The van der Waals surface area contributed by atoms with Gasteiger partial charge in [-0.05, 0) is 32.9 Å². The number of carbonyl (C=O) groups is 1. The van der Waals surface area contributed by atoms with Gasteiger partial charge in [0, 0.05) is 0 Å². The topological polar surface area (TPSA) is 69.7 Å². The van der Waals surface area contributed by atoms with Gasteiger partial charge in [-0.2, -0.15) is 0 Å². The van der Waals surface area contributed by atoms with Gasteiger partial charge in [0.2, 0.25) is 10.9 Å². The lowest BCUT2D eigenvalue weighted by Gasteiger charge is -2.20. The number of esters is 1. The number of hydrogen-bond donors (Lipinski definition) is 0. The van der Waals surface area contributed by atoms with Gasteiger partial charge in [-0.15, -0.1) is 0 Å². The highest BCUT2D eigenvalue weighted by atomic mass is 16.6. The molecule has 0 saturated heterocycles. The summed E-state index contributed by atoms with van der Waals surface area (Å²) in [4.78, 5) is 35.1. The Hall–Kier alpha value is -2.17. The van der Waals surface area contributed by atoms with Gasteiger partial charge >= 0.3 is 5.97 Å². The van der Waals surface area contributed by atoms with E-state index >= 15 is 0 Å². The monoisotopic (exact) mass is 262 g/mol. The van der Waals surface area contributed by atoms with E-state index in [0.717, 1.165) is 0 Å². The Labute approximate surface area is 109 Å². The van der Waals surface area contributed by atoms with Crippen LogP contribution in [0.2, 0.25) is 0 Å². The number of carbonyl (C=O) groups excluding carboxylic acids is 1. The summed E-state index contributed by atoms with van der Waals surface area (Å²) in [7, 11) is 1.40. The normalized spacial score (nSPS) is 11.8. The molecular formula is C14H14O5. The van der Waals surface area contributed by atoms with Gasteiger partial charge in [0.05, 0.1) is 23.4 Å². The van der Waals surface area contributed by atoms with Crippen LogP contribution in [0.15, 0.2) is 21.7 Å². The van der Waals surface area contributed by atoms with E-state index in [4.69, 9.17) is 9.47 Å². The van der Waals surface area contributed by atoms with Crippen LogP contribution in [0.25, 0.3) is 10.8 Å². The van der Waals surface area contributed by atoms with Crippen LogP contribution in [0.4, 0.5) is 0 Å². The molecule has 0 aliphatic heterocycles. The van der Waals surface area contributed by atoms with E-state index in [1.165, 1.54) is 19.2 Å². The second-order valence-corrected chi connectivity index (χ2v) is 5.23. The fraction of sp³-hybridized carbons (Fsp3) is 0.357. The number of benzene rings is 1. The summed E-state index contributed by atoms with van der Waals surface area (Å²) in [5, 5.41) is 0.259. The van der Waals surface area contributed by atoms with Crippen molar-refractivity contribution in [3.63, 3.8) is 0 Å². The predicted molar refractivity (Wildman–Crippen MR) is 70.6 cm³/mol. The molecule has 100 valence electrons. The molecule has 0 N–H and O–H groups in total. The molecule has 0 bridgehead atoms. The molecule has 0 heterocycles. The van der Waals surface area contributed by atoms with E-state index in [-0.39, 0.29) is 16.3 Å². The maximum absolute atomic E-state index is 12.0. The molecule has 0 aliphatic carbocycles. The van der Waals surface area contributed by atoms with Crippen LogP contribution in [0.1, 0.15) is 31.1 Å². The van der Waals surface area contributed by atoms with Crippen LogP contribution in [0, 0.1) is 0 Å². The highest BCUT2D eigenvalue weighted by molar-refractivity contribution is 6.08. The molecule has 0 atom stereocenters. The van der Waals surface area contributed by atoms with Crippen molar-refractivity contribution in [2.45, 2.75) is 26.4 Å². The zero-order valence-corrected chi connectivity index (χ0v) is 11.2. The Morgan fingerprint density at radius 1 is 1.05 bits per heavy atom. The molecule has 5 nitrogen and oxygen atoms in total. The number of ether oxygens (including phenoxy) is 2. The summed E-state index contributed by atoms with van der Waals surface area (Å²) in [6.45, 7) is 5.19. The van der Waals surface area contributed by atoms with Gasteiger partial charge in [-0.1, -0.05) is 0 Å². The number of methoxy groups -OCH3 is 1. The van der Waals surface area contributed by atoms with E-state index in [0.29, 0.717) is 5.75 Å². The molecule has 2 aromatic carbocycles. The molecule has 0 aliphatic rings. The molecule has 5 heteroatoms. The van der Waals surface area contributed by atoms with Crippen LogP contribution in [-0.4, -0.2) is 18.7 Å². The summed E-state index contributed by atoms with van der Waals surface area (Å²) < 4.78 is 10.2. The molecule has 0 aromatic heterocycles. The van der Waals surface area contributed by atoms with Gasteiger partial charge in [-0.25, -0.2) is 4.79 Å².